The molecular weight excluding hydrogens is 590 g/mol. The van der Waals surface area contributed by atoms with Crippen LogP contribution in [-0.2, 0) is 0 Å². The number of hydrogen-bond acceptors (Lipinski definition) is 4. The zero-order valence-corrected chi connectivity index (χ0v) is 27.3. The zero-order chi connectivity index (χ0) is 31.3. The second-order valence-electron chi connectivity index (χ2n) is 12.5. The molecule has 2 saturated heterocycles. The Morgan fingerprint density at radius 1 is 1.00 bits per heavy atom. The number of thiocarbonyl (C=S) groups is 1. The predicted molar refractivity (Wildman–Crippen MR) is 181 cm³/mol. The molecule has 0 amide bonds. The van der Waals surface area contributed by atoms with E-state index < -0.39 is 5.97 Å². The van der Waals surface area contributed by atoms with Crippen LogP contribution in [0.1, 0.15) is 70.9 Å². The van der Waals surface area contributed by atoms with Gasteiger partial charge in [0.1, 0.15) is 0 Å². The van der Waals surface area contributed by atoms with Crippen LogP contribution in [0.15, 0.2) is 66.9 Å². The number of pyridine rings is 1. The number of carbonyl (C=O) groups is 1. The number of carboxylic acid groups (broad SMARTS) is 1. The summed E-state index contributed by atoms with van der Waals surface area (Å²) in [5.74, 6) is 0.279. The van der Waals surface area contributed by atoms with Gasteiger partial charge in [0, 0.05) is 42.0 Å². The molecule has 0 aliphatic carbocycles. The second-order valence-corrected chi connectivity index (χ2v) is 13.2. The van der Waals surface area contributed by atoms with Crippen LogP contribution in [0.3, 0.4) is 0 Å². The van der Waals surface area contributed by atoms with Gasteiger partial charge in [0.2, 0.25) is 0 Å². The third-order valence-electron chi connectivity index (χ3n) is 9.00. The maximum Gasteiger partial charge on any atom is 0.335 e. The summed E-state index contributed by atoms with van der Waals surface area (Å²) in [5, 5.41) is 14.6. The zero-order valence-electron chi connectivity index (χ0n) is 25.7. The number of anilines is 2. The summed E-state index contributed by atoms with van der Waals surface area (Å²) in [4.78, 5) is 21.1. The molecule has 0 saturated carbocycles. The quantitative estimate of drug-likeness (QED) is 0.211. The molecule has 0 unspecified atom stereocenters. The Morgan fingerprint density at radius 2 is 1.75 bits per heavy atom. The van der Waals surface area contributed by atoms with Crippen LogP contribution in [0.5, 0.6) is 0 Å². The molecule has 4 heterocycles. The van der Waals surface area contributed by atoms with Crippen molar-refractivity contribution in [3.8, 4) is 5.69 Å². The lowest BCUT2D eigenvalue weighted by Gasteiger charge is -2.37. The van der Waals surface area contributed by atoms with Crippen molar-refractivity contribution in [3.63, 3.8) is 0 Å². The van der Waals surface area contributed by atoms with E-state index in [1.165, 1.54) is 6.42 Å². The Balaban J connectivity index is 1.46. The number of halogens is 1. The van der Waals surface area contributed by atoms with Gasteiger partial charge in [0.15, 0.2) is 5.11 Å². The van der Waals surface area contributed by atoms with Crippen LogP contribution in [0.25, 0.3) is 5.69 Å². The molecule has 6 rings (SSSR count). The van der Waals surface area contributed by atoms with Crippen LogP contribution in [0.4, 0.5) is 11.4 Å². The molecule has 2 aromatic carbocycles. The van der Waals surface area contributed by atoms with Crippen molar-refractivity contribution in [2.24, 2.45) is 11.8 Å². The molecule has 2 aliphatic heterocycles. The Hall–Kier alpha value is -3.88. The van der Waals surface area contributed by atoms with Gasteiger partial charge in [-0.3, -0.25) is 4.98 Å². The van der Waals surface area contributed by atoms with Crippen molar-refractivity contribution < 1.29 is 9.90 Å². The average molecular weight is 628 g/mol. The molecule has 228 valence electrons. The SMILES string of the molecule is Cc1ccc(C(=O)O)cc1-n1c(C)cc([C@H]2[C@@H](c3ccccn3)NC(=S)N2c2ccc(N3C[C@H](C)C[C@H](C)C3)c(Cl)c2)c1C. The van der Waals surface area contributed by atoms with Gasteiger partial charge in [0.05, 0.1) is 34.1 Å². The van der Waals surface area contributed by atoms with E-state index in [-0.39, 0.29) is 17.6 Å². The van der Waals surface area contributed by atoms with Crippen molar-refractivity contribution in [3.05, 3.63) is 106 Å². The Morgan fingerprint density at radius 3 is 2.41 bits per heavy atom. The Kier molecular flexibility index (Phi) is 8.16. The van der Waals surface area contributed by atoms with E-state index in [4.69, 9.17) is 28.8 Å². The first kappa shape index (κ1) is 30.2. The first-order chi connectivity index (χ1) is 21.0. The minimum atomic E-state index is -0.950. The number of hydrogen-bond donors (Lipinski definition) is 2. The first-order valence-electron chi connectivity index (χ1n) is 15.1. The predicted octanol–water partition coefficient (Wildman–Crippen LogP) is 7.81. The fraction of sp³-hybridized carbons (Fsp3) is 0.343. The lowest BCUT2D eigenvalue weighted by Crippen LogP contribution is -2.38. The summed E-state index contributed by atoms with van der Waals surface area (Å²) in [6.07, 6.45) is 3.03. The van der Waals surface area contributed by atoms with Crippen molar-refractivity contribution in [2.45, 2.75) is 53.1 Å². The lowest BCUT2D eigenvalue weighted by molar-refractivity contribution is 0.0697. The van der Waals surface area contributed by atoms with Gasteiger partial charge in [-0.1, -0.05) is 37.6 Å². The molecule has 2 aromatic heterocycles. The van der Waals surface area contributed by atoms with Gasteiger partial charge < -0.3 is 24.8 Å². The smallest absolute Gasteiger partial charge is 0.335 e. The fourth-order valence-corrected chi connectivity index (χ4v) is 7.79. The van der Waals surface area contributed by atoms with E-state index in [1.807, 2.05) is 37.3 Å². The molecule has 7 nitrogen and oxygen atoms in total. The topological polar surface area (TPSA) is 73.6 Å². The monoisotopic (exact) mass is 627 g/mol. The molecular formula is C35H38ClN5O2S. The molecule has 2 N–H and O–H groups in total. The maximum atomic E-state index is 11.8. The molecule has 0 bridgehead atoms. The minimum Gasteiger partial charge on any atom is -0.478 e. The van der Waals surface area contributed by atoms with Crippen molar-refractivity contribution in [2.75, 3.05) is 22.9 Å². The molecule has 9 heteroatoms. The first-order valence-corrected chi connectivity index (χ1v) is 15.9. The van der Waals surface area contributed by atoms with E-state index in [1.54, 1.807) is 18.3 Å². The standard InChI is InChI=1S/C35H38ClN5O2S/c1-20-14-21(2)19-39(18-20)30-12-11-26(17-28(30)36)41-33(32(38-35(41)44)29-8-6-7-13-37-29)27-15-23(4)40(24(27)5)31-16-25(34(42)43)10-9-22(31)3/h6-13,15-17,20-21,32-33H,14,18-19H2,1-5H3,(H,38,44)(H,42,43)/t20-,21+,32-,33+/m1/s1. The molecule has 4 atom stereocenters. The molecule has 4 aromatic rings. The van der Waals surface area contributed by atoms with E-state index in [2.05, 4.69) is 65.6 Å². The summed E-state index contributed by atoms with van der Waals surface area (Å²) in [6, 6.07) is 19.2. The highest BCUT2D eigenvalue weighted by Gasteiger charge is 2.42. The highest BCUT2D eigenvalue weighted by molar-refractivity contribution is 7.80. The fourth-order valence-electron chi connectivity index (χ4n) is 7.15. The maximum absolute atomic E-state index is 11.8. The van der Waals surface area contributed by atoms with Crippen molar-refractivity contribution >= 4 is 46.3 Å². The van der Waals surface area contributed by atoms with Gasteiger partial charge in [-0.15, -0.1) is 0 Å². The second kappa shape index (κ2) is 11.9. The largest absolute Gasteiger partial charge is 0.478 e. The Labute approximate surface area is 269 Å². The number of aryl methyl sites for hydroxylation is 2. The summed E-state index contributed by atoms with van der Waals surface area (Å²) < 4.78 is 2.14. The van der Waals surface area contributed by atoms with Gasteiger partial charge in [0.25, 0.3) is 0 Å². The van der Waals surface area contributed by atoms with E-state index in [0.29, 0.717) is 22.0 Å². The number of aromatic carboxylic acids is 1. The van der Waals surface area contributed by atoms with Crippen LogP contribution < -0.4 is 15.1 Å². The van der Waals surface area contributed by atoms with Crippen molar-refractivity contribution in [1.29, 1.82) is 0 Å². The summed E-state index contributed by atoms with van der Waals surface area (Å²) in [5.41, 5.74) is 8.02. The van der Waals surface area contributed by atoms with Gasteiger partial charge in [-0.25, -0.2) is 4.79 Å². The minimum absolute atomic E-state index is 0.216. The van der Waals surface area contributed by atoms with Crippen LogP contribution in [-0.4, -0.2) is 38.8 Å². The number of nitrogens with zero attached hydrogens (tertiary/aromatic N) is 4. The molecule has 2 fully saturated rings. The van der Waals surface area contributed by atoms with Gasteiger partial charge in [-0.05, 0) is 111 Å². The summed E-state index contributed by atoms with van der Waals surface area (Å²) >= 11 is 13.0. The number of carboxylic acids is 1. The highest BCUT2D eigenvalue weighted by Crippen LogP contribution is 2.45. The van der Waals surface area contributed by atoms with Crippen LogP contribution in [0.2, 0.25) is 5.02 Å². The van der Waals surface area contributed by atoms with Crippen LogP contribution >= 0.6 is 23.8 Å². The van der Waals surface area contributed by atoms with Crippen LogP contribution in [0, 0.1) is 32.6 Å². The molecule has 0 spiro atoms. The van der Waals surface area contributed by atoms with E-state index in [0.717, 1.165) is 58.4 Å². The lowest BCUT2D eigenvalue weighted by atomic mass is 9.91. The molecule has 0 radical (unpaired) electrons. The molecule has 44 heavy (non-hydrogen) atoms. The normalized spacial score (nSPS) is 21.9. The third-order valence-corrected chi connectivity index (χ3v) is 9.62. The number of piperidine rings is 1. The number of rotatable bonds is 6. The summed E-state index contributed by atoms with van der Waals surface area (Å²) in [7, 11) is 0. The number of aromatic nitrogens is 2. The summed E-state index contributed by atoms with van der Waals surface area (Å²) in [6.45, 7) is 12.7. The highest BCUT2D eigenvalue weighted by atomic mass is 35.5. The number of benzene rings is 2. The van der Waals surface area contributed by atoms with Gasteiger partial charge >= 0.3 is 5.97 Å². The van der Waals surface area contributed by atoms with Crippen molar-refractivity contribution in [1.82, 2.24) is 14.9 Å². The van der Waals surface area contributed by atoms with E-state index in [9.17, 15) is 9.90 Å². The Bertz CT molecular complexity index is 1730. The van der Waals surface area contributed by atoms with Gasteiger partial charge in [-0.2, -0.15) is 0 Å². The van der Waals surface area contributed by atoms with E-state index >= 15 is 0 Å². The molecule has 2 aliphatic rings. The third kappa shape index (κ3) is 5.46. The number of nitrogens with one attached hydrogen (secondary N) is 1. The average Bonchev–Trinajstić information content (AvgIpc) is 3.47.